The van der Waals surface area contributed by atoms with E-state index < -0.39 is 0 Å². The van der Waals surface area contributed by atoms with Crippen LogP contribution in [0.1, 0.15) is 10.9 Å². The largest absolute Gasteiger partial charge is 0.323 e. The summed E-state index contributed by atoms with van der Waals surface area (Å²) in [6.45, 7) is 0. The van der Waals surface area contributed by atoms with Crippen molar-refractivity contribution in [3.05, 3.63) is 20.8 Å². The van der Waals surface area contributed by atoms with Gasteiger partial charge in [0.05, 0.1) is 3.79 Å². The molecule has 1 nitrogen and oxygen atoms in total. The molecule has 0 aliphatic carbocycles. The summed E-state index contributed by atoms with van der Waals surface area (Å²) >= 11 is 6.90. The Balaban J connectivity index is 2.60. The maximum Gasteiger partial charge on any atom is 0.0701 e. The van der Waals surface area contributed by atoms with Crippen molar-refractivity contribution in [2.45, 2.75) is 6.04 Å². The van der Waals surface area contributed by atoms with Gasteiger partial charge in [0.2, 0.25) is 0 Å². The van der Waals surface area contributed by atoms with E-state index in [1.54, 1.807) is 23.1 Å². The maximum absolute atomic E-state index is 5.89. The highest BCUT2D eigenvalue weighted by atomic mass is 79.9. The number of nitrogens with two attached hydrogens (primary N) is 1. The average Bonchev–Trinajstić information content (AvgIpc) is 2.36. The van der Waals surface area contributed by atoms with Gasteiger partial charge < -0.3 is 5.73 Å². The van der Waals surface area contributed by atoms with Crippen molar-refractivity contribution in [1.29, 1.82) is 0 Å². The van der Waals surface area contributed by atoms with Crippen molar-refractivity contribution >= 4 is 39.0 Å². The van der Waals surface area contributed by atoms with E-state index in [-0.39, 0.29) is 6.04 Å². The van der Waals surface area contributed by atoms with Gasteiger partial charge in [-0.3, -0.25) is 0 Å². The molecule has 1 atom stereocenters. The van der Waals surface area contributed by atoms with E-state index in [9.17, 15) is 0 Å². The third-order valence-corrected chi connectivity index (χ3v) is 3.75. The minimum absolute atomic E-state index is 0.196. The van der Waals surface area contributed by atoms with Crippen LogP contribution in [0.2, 0.25) is 0 Å². The van der Waals surface area contributed by atoms with Crippen LogP contribution in [-0.2, 0) is 0 Å². The monoisotopic (exact) mass is 251 g/mol. The molecular formula is C7H10BrNS2. The fourth-order valence-corrected chi connectivity index (χ4v) is 2.86. The Morgan fingerprint density at radius 3 is 2.91 bits per heavy atom. The van der Waals surface area contributed by atoms with Crippen LogP contribution < -0.4 is 5.73 Å². The molecule has 4 heteroatoms. The lowest BCUT2D eigenvalue weighted by atomic mass is 10.3. The summed E-state index contributed by atoms with van der Waals surface area (Å²) in [4.78, 5) is 1.26. The van der Waals surface area contributed by atoms with Crippen LogP contribution in [0.5, 0.6) is 0 Å². The van der Waals surface area contributed by atoms with E-state index >= 15 is 0 Å². The summed E-state index contributed by atoms with van der Waals surface area (Å²) in [7, 11) is 0. The highest BCUT2D eigenvalue weighted by molar-refractivity contribution is 9.11. The standard InChI is InChI=1S/C7H10BrNS2/c1-10-4-5(9)6-2-3-7(8)11-6/h2-3,5H,4,9H2,1H3. The van der Waals surface area contributed by atoms with Crippen LogP contribution in [0, 0.1) is 0 Å². The Morgan fingerprint density at radius 2 is 2.45 bits per heavy atom. The smallest absolute Gasteiger partial charge is 0.0701 e. The number of hydrogen-bond donors (Lipinski definition) is 1. The molecule has 0 amide bonds. The molecular weight excluding hydrogens is 242 g/mol. The van der Waals surface area contributed by atoms with Crippen LogP contribution in [-0.4, -0.2) is 12.0 Å². The summed E-state index contributed by atoms with van der Waals surface area (Å²) in [6, 6.07) is 4.32. The lowest BCUT2D eigenvalue weighted by Gasteiger charge is -2.05. The molecule has 62 valence electrons. The number of thiophene rings is 1. The highest BCUT2D eigenvalue weighted by Crippen LogP contribution is 2.27. The molecule has 0 aliphatic rings. The second kappa shape index (κ2) is 4.50. The van der Waals surface area contributed by atoms with Crippen LogP contribution >= 0.6 is 39.0 Å². The molecule has 11 heavy (non-hydrogen) atoms. The highest BCUT2D eigenvalue weighted by Gasteiger charge is 2.06. The topological polar surface area (TPSA) is 26.0 Å². The van der Waals surface area contributed by atoms with E-state index in [1.165, 1.54) is 4.88 Å². The van der Waals surface area contributed by atoms with E-state index in [0.29, 0.717) is 0 Å². The van der Waals surface area contributed by atoms with Gasteiger partial charge >= 0.3 is 0 Å². The van der Waals surface area contributed by atoms with Crippen LogP contribution in [0.3, 0.4) is 0 Å². The Labute approximate surface area is 83.5 Å². The average molecular weight is 252 g/mol. The quantitative estimate of drug-likeness (QED) is 0.895. The van der Waals surface area contributed by atoms with E-state index in [0.717, 1.165) is 9.54 Å². The van der Waals surface area contributed by atoms with Gasteiger partial charge in [-0.2, -0.15) is 11.8 Å². The van der Waals surface area contributed by atoms with Crippen LogP contribution in [0.15, 0.2) is 15.9 Å². The van der Waals surface area contributed by atoms with Gasteiger partial charge in [-0.05, 0) is 34.3 Å². The van der Waals surface area contributed by atoms with Crippen molar-refractivity contribution in [1.82, 2.24) is 0 Å². The molecule has 1 aromatic rings. The van der Waals surface area contributed by atoms with Crippen molar-refractivity contribution < 1.29 is 0 Å². The number of rotatable bonds is 3. The summed E-state index contributed by atoms with van der Waals surface area (Å²) in [6.07, 6.45) is 2.07. The van der Waals surface area contributed by atoms with E-state index in [1.807, 2.05) is 6.07 Å². The molecule has 0 bridgehead atoms. The first-order chi connectivity index (χ1) is 5.24. The molecule has 0 saturated carbocycles. The molecule has 0 fully saturated rings. The SMILES string of the molecule is CSCC(N)c1ccc(Br)s1. The van der Waals surface area contributed by atoms with Gasteiger partial charge in [0.1, 0.15) is 0 Å². The first kappa shape index (κ1) is 9.58. The number of thioether (sulfide) groups is 1. The Bertz CT molecular complexity index is 224. The fourth-order valence-electron chi connectivity index (χ4n) is 0.789. The molecule has 1 heterocycles. The Kier molecular flexibility index (Phi) is 3.92. The molecule has 0 aromatic carbocycles. The molecule has 1 unspecified atom stereocenters. The summed E-state index contributed by atoms with van der Waals surface area (Å²) in [5.74, 6) is 0.993. The van der Waals surface area contributed by atoms with Crippen LogP contribution in [0.25, 0.3) is 0 Å². The summed E-state index contributed by atoms with van der Waals surface area (Å²) in [5, 5.41) is 0. The first-order valence-corrected chi connectivity index (χ1v) is 6.24. The molecule has 1 aromatic heterocycles. The van der Waals surface area contributed by atoms with Crippen molar-refractivity contribution in [3.63, 3.8) is 0 Å². The van der Waals surface area contributed by atoms with Crippen LogP contribution in [0.4, 0.5) is 0 Å². The second-order valence-corrected chi connectivity index (χ2v) is 5.61. The predicted molar refractivity (Wildman–Crippen MR) is 57.3 cm³/mol. The normalized spacial score (nSPS) is 13.4. The predicted octanol–water partition coefficient (Wildman–Crippen LogP) is 2.87. The maximum atomic E-state index is 5.89. The van der Waals surface area contributed by atoms with Gasteiger partial charge in [-0.25, -0.2) is 0 Å². The molecule has 2 N–H and O–H groups in total. The van der Waals surface area contributed by atoms with Gasteiger partial charge in [-0.15, -0.1) is 11.3 Å². The lowest BCUT2D eigenvalue weighted by Crippen LogP contribution is -2.10. The van der Waals surface area contributed by atoms with Gasteiger partial charge in [0, 0.05) is 16.7 Å². The Hall–Kier alpha value is 0.490. The number of halogens is 1. The first-order valence-electron chi connectivity index (χ1n) is 3.24. The third kappa shape index (κ3) is 2.78. The summed E-state index contributed by atoms with van der Waals surface area (Å²) < 4.78 is 1.16. The van der Waals surface area contributed by atoms with E-state index in [2.05, 4.69) is 28.3 Å². The zero-order valence-corrected chi connectivity index (χ0v) is 9.43. The number of hydrogen-bond acceptors (Lipinski definition) is 3. The van der Waals surface area contributed by atoms with Gasteiger partial charge in [0.25, 0.3) is 0 Å². The summed E-state index contributed by atoms with van der Waals surface area (Å²) in [5.41, 5.74) is 5.89. The van der Waals surface area contributed by atoms with Crippen molar-refractivity contribution in [2.75, 3.05) is 12.0 Å². The molecule has 0 radical (unpaired) electrons. The van der Waals surface area contributed by atoms with Crippen molar-refractivity contribution in [3.8, 4) is 0 Å². The zero-order valence-electron chi connectivity index (χ0n) is 6.21. The van der Waals surface area contributed by atoms with E-state index in [4.69, 9.17) is 5.73 Å². The zero-order chi connectivity index (χ0) is 8.27. The Morgan fingerprint density at radius 1 is 1.73 bits per heavy atom. The second-order valence-electron chi connectivity index (χ2n) is 2.20. The minimum atomic E-state index is 0.196. The fraction of sp³-hybridized carbons (Fsp3) is 0.429. The minimum Gasteiger partial charge on any atom is -0.323 e. The van der Waals surface area contributed by atoms with Gasteiger partial charge in [-0.1, -0.05) is 0 Å². The molecule has 1 rings (SSSR count). The third-order valence-electron chi connectivity index (χ3n) is 1.31. The lowest BCUT2D eigenvalue weighted by molar-refractivity contribution is 0.853. The molecule has 0 aliphatic heterocycles. The molecule has 0 saturated heterocycles. The molecule has 0 spiro atoms. The van der Waals surface area contributed by atoms with Gasteiger partial charge in [0.15, 0.2) is 0 Å². The van der Waals surface area contributed by atoms with Crippen molar-refractivity contribution in [2.24, 2.45) is 5.73 Å².